The van der Waals surface area contributed by atoms with Crippen molar-refractivity contribution in [3.63, 3.8) is 0 Å². The van der Waals surface area contributed by atoms with Crippen LogP contribution in [0.4, 0.5) is 17.1 Å². The van der Waals surface area contributed by atoms with Crippen molar-refractivity contribution in [2.75, 3.05) is 4.90 Å². The van der Waals surface area contributed by atoms with Gasteiger partial charge in [0, 0.05) is 32.6 Å². The van der Waals surface area contributed by atoms with Crippen LogP contribution in [0.25, 0.3) is 82.1 Å². The topological polar surface area (TPSA) is 34.5 Å². The summed E-state index contributed by atoms with van der Waals surface area (Å²) in [6, 6.07) is 60.0. The summed E-state index contributed by atoms with van der Waals surface area (Å²) in [6.45, 7) is 0. The highest BCUT2D eigenvalue weighted by atomic mass is 16.3. The fourth-order valence-corrected chi connectivity index (χ4v) is 8.11. The minimum atomic E-state index is 0.848. The highest BCUT2D eigenvalue weighted by Crippen LogP contribution is 2.52. The third-order valence-corrected chi connectivity index (χ3v) is 10.1. The van der Waals surface area contributed by atoms with Gasteiger partial charge in [-0.25, -0.2) is 0 Å². The molecule has 11 aromatic rings. The Morgan fingerprint density at radius 1 is 0.380 bits per heavy atom. The van der Waals surface area contributed by atoms with Gasteiger partial charge in [-0.3, -0.25) is 0 Å². The van der Waals surface area contributed by atoms with Crippen LogP contribution in [-0.2, 0) is 0 Å². The van der Waals surface area contributed by atoms with Crippen LogP contribution < -0.4 is 4.90 Å². The van der Waals surface area contributed by atoms with E-state index in [0.29, 0.717) is 0 Å². The number of furan rings is 2. The fourth-order valence-electron chi connectivity index (χ4n) is 8.11. The molecule has 4 nitrogen and oxygen atoms in total. The molecule has 0 aliphatic heterocycles. The molecular formula is C46H28N2O2. The van der Waals surface area contributed by atoms with E-state index in [2.05, 4.69) is 167 Å². The van der Waals surface area contributed by atoms with Gasteiger partial charge in [0.2, 0.25) is 0 Å². The second kappa shape index (κ2) is 10.4. The van der Waals surface area contributed by atoms with Crippen molar-refractivity contribution in [1.29, 1.82) is 0 Å². The van der Waals surface area contributed by atoms with Gasteiger partial charge in [-0.05, 0) is 66.0 Å². The van der Waals surface area contributed by atoms with E-state index in [1.54, 1.807) is 0 Å². The summed E-state index contributed by atoms with van der Waals surface area (Å²) in [5.74, 6) is 0. The summed E-state index contributed by atoms with van der Waals surface area (Å²) in [5, 5.41) is 8.92. The minimum Gasteiger partial charge on any atom is -0.456 e. The SMILES string of the molecule is c1ccc(-n2c3ccccc3c3c(N(c4cccc5oc6ccccc6c45)c4c5ccccc5cc5oc6ccccc6c45)cccc32)cc1. The van der Waals surface area contributed by atoms with Crippen LogP contribution in [0, 0.1) is 0 Å². The van der Waals surface area contributed by atoms with E-state index >= 15 is 0 Å². The molecule has 0 radical (unpaired) electrons. The molecule has 0 amide bonds. The quantitative estimate of drug-likeness (QED) is 0.192. The van der Waals surface area contributed by atoms with Gasteiger partial charge in [0.25, 0.3) is 0 Å². The molecule has 0 aliphatic carbocycles. The zero-order valence-corrected chi connectivity index (χ0v) is 26.9. The number of fused-ring (bicyclic) bond motifs is 10. The van der Waals surface area contributed by atoms with Crippen molar-refractivity contribution < 1.29 is 8.83 Å². The molecule has 0 N–H and O–H groups in total. The molecule has 0 fully saturated rings. The second-order valence-corrected chi connectivity index (χ2v) is 12.9. The minimum absolute atomic E-state index is 0.848. The van der Waals surface area contributed by atoms with Gasteiger partial charge < -0.3 is 18.3 Å². The summed E-state index contributed by atoms with van der Waals surface area (Å²) < 4.78 is 15.5. The molecule has 8 aromatic carbocycles. The molecular weight excluding hydrogens is 613 g/mol. The first-order chi connectivity index (χ1) is 24.8. The Balaban J connectivity index is 1.38. The van der Waals surface area contributed by atoms with Crippen molar-refractivity contribution in [3.8, 4) is 5.69 Å². The van der Waals surface area contributed by atoms with Crippen LogP contribution in [0.15, 0.2) is 179 Å². The Labute approximate surface area is 286 Å². The molecule has 0 spiro atoms. The number of para-hydroxylation sites is 4. The van der Waals surface area contributed by atoms with Gasteiger partial charge in [0.05, 0.1) is 38.9 Å². The van der Waals surface area contributed by atoms with E-state index in [-0.39, 0.29) is 0 Å². The van der Waals surface area contributed by atoms with Crippen molar-refractivity contribution in [3.05, 3.63) is 170 Å². The lowest BCUT2D eigenvalue weighted by molar-refractivity contribution is 0.669. The van der Waals surface area contributed by atoms with E-state index in [4.69, 9.17) is 8.83 Å². The molecule has 3 heterocycles. The number of anilines is 3. The van der Waals surface area contributed by atoms with Gasteiger partial charge >= 0.3 is 0 Å². The predicted molar refractivity (Wildman–Crippen MR) is 208 cm³/mol. The van der Waals surface area contributed by atoms with E-state index in [1.165, 1.54) is 10.8 Å². The van der Waals surface area contributed by atoms with Gasteiger partial charge in [0.15, 0.2) is 0 Å². The first-order valence-electron chi connectivity index (χ1n) is 16.9. The third-order valence-electron chi connectivity index (χ3n) is 10.1. The van der Waals surface area contributed by atoms with Crippen LogP contribution in [0.5, 0.6) is 0 Å². The van der Waals surface area contributed by atoms with Crippen LogP contribution >= 0.6 is 0 Å². The number of hydrogen-bond acceptors (Lipinski definition) is 3. The lowest BCUT2D eigenvalue weighted by Crippen LogP contribution is -2.12. The second-order valence-electron chi connectivity index (χ2n) is 12.9. The fraction of sp³-hybridized carbons (Fsp3) is 0. The zero-order valence-electron chi connectivity index (χ0n) is 26.9. The van der Waals surface area contributed by atoms with Crippen LogP contribution in [0.3, 0.4) is 0 Å². The first kappa shape index (κ1) is 27.2. The molecule has 0 saturated carbocycles. The summed E-state index contributed by atoms with van der Waals surface area (Å²) >= 11 is 0. The lowest BCUT2D eigenvalue weighted by Gasteiger charge is -2.29. The highest BCUT2D eigenvalue weighted by Gasteiger charge is 2.28. The van der Waals surface area contributed by atoms with Gasteiger partial charge in [-0.15, -0.1) is 0 Å². The van der Waals surface area contributed by atoms with Crippen LogP contribution in [0.1, 0.15) is 0 Å². The van der Waals surface area contributed by atoms with Gasteiger partial charge in [0.1, 0.15) is 22.3 Å². The van der Waals surface area contributed by atoms with Crippen molar-refractivity contribution in [1.82, 2.24) is 4.57 Å². The lowest BCUT2D eigenvalue weighted by atomic mass is 9.99. The third kappa shape index (κ3) is 3.76. The van der Waals surface area contributed by atoms with Crippen molar-refractivity contribution >= 4 is 93.5 Å². The normalized spacial score (nSPS) is 12.0. The number of aromatic nitrogens is 1. The summed E-state index contributed by atoms with van der Waals surface area (Å²) in [4.78, 5) is 2.47. The maximum absolute atomic E-state index is 6.64. The van der Waals surface area contributed by atoms with E-state index in [9.17, 15) is 0 Å². The molecule has 50 heavy (non-hydrogen) atoms. The predicted octanol–water partition coefficient (Wildman–Crippen LogP) is 13.2. The Morgan fingerprint density at radius 2 is 0.940 bits per heavy atom. The molecule has 0 bridgehead atoms. The number of hydrogen-bond donors (Lipinski definition) is 0. The molecule has 0 saturated heterocycles. The Kier molecular flexibility index (Phi) is 5.63. The molecule has 0 atom stereocenters. The van der Waals surface area contributed by atoms with Crippen molar-refractivity contribution in [2.24, 2.45) is 0 Å². The van der Waals surface area contributed by atoms with E-state index in [0.717, 1.165) is 88.4 Å². The maximum atomic E-state index is 6.64. The standard InChI is InChI=1S/C46H28N2O2/c1-2-15-30(16-3-1)47-35-21-9-6-18-32(35)43-36(47)22-12-23-37(43)48(38-24-13-27-41-44(38)33-19-7-10-25-39(33)49-41)46-31-17-5-4-14-29(31)28-42-45(46)34-20-8-11-26-40(34)50-42/h1-28H. The molecule has 11 rings (SSSR count). The first-order valence-corrected chi connectivity index (χ1v) is 16.9. The zero-order chi connectivity index (χ0) is 32.8. The average Bonchev–Trinajstić information content (AvgIpc) is 3.85. The number of rotatable bonds is 4. The largest absolute Gasteiger partial charge is 0.456 e. The highest BCUT2D eigenvalue weighted by molar-refractivity contribution is 6.26. The maximum Gasteiger partial charge on any atom is 0.138 e. The number of nitrogens with zero attached hydrogens (tertiary/aromatic N) is 2. The Hall–Kier alpha value is -6.78. The van der Waals surface area contributed by atoms with Crippen LogP contribution in [-0.4, -0.2) is 4.57 Å². The molecule has 234 valence electrons. The molecule has 3 aromatic heterocycles. The summed E-state index contributed by atoms with van der Waals surface area (Å²) in [6.07, 6.45) is 0. The van der Waals surface area contributed by atoms with Gasteiger partial charge in [-0.1, -0.05) is 109 Å². The molecule has 0 aliphatic rings. The summed E-state index contributed by atoms with van der Waals surface area (Å²) in [5.41, 5.74) is 10.0. The van der Waals surface area contributed by atoms with Crippen LogP contribution in [0.2, 0.25) is 0 Å². The summed E-state index contributed by atoms with van der Waals surface area (Å²) in [7, 11) is 0. The van der Waals surface area contributed by atoms with Gasteiger partial charge in [-0.2, -0.15) is 0 Å². The van der Waals surface area contributed by atoms with E-state index < -0.39 is 0 Å². The molecule has 0 unspecified atom stereocenters. The average molecular weight is 641 g/mol. The van der Waals surface area contributed by atoms with Crippen molar-refractivity contribution in [2.45, 2.75) is 0 Å². The number of benzene rings is 8. The smallest absolute Gasteiger partial charge is 0.138 e. The van der Waals surface area contributed by atoms with E-state index in [1.807, 2.05) is 12.1 Å². The molecule has 4 heteroatoms. The Bertz CT molecular complexity index is 3110. The monoisotopic (exact) mass is 640 g/mol. The Morgan fingerprint density at radius 3 is 1.74 bits per heavy atom.